The minimum absolute atomic E-state index is 0.805. The molecular weight excluding hydrogens is 857 g/mol. The SMILES string of the molecule is Brc1ccc(-n2c3ccccc3c3ccccc32)cc1.Nc1ccc(-c2ccccc2)cc1.c1ccc(-c2ccc(Nc3ccc(-n4c5ccccc5c5ccccc54)cc3)cc2)cc1. The summed E-state index contributed by atoms with van der Waals surface area (Å²) in [6.45, 7) is 0. The number of nitrogen functional groups attached to an aromatic ring is 1. The number of benzene rings is 10. The lowest BCUT2D eigenvalue weighted by Gasteiger charge is -2.11. The molecule has 0 spiro atoms. The Hall–Kier alpha value is -8.12. The Bertz CT molecular complexity index is 3380. The van der Waals surface area contributed by atoms with Crippen LogP contribution in [0.1, 0.15) is 0 Å². The molecule has 10 aromatic carbocycles. The second-order valence-corrected chi connectivity index (χ2v) is 16.7. The first kappa shape index (κ1) is 40.9. The predicted octanol–water partition coefficient (Wildman–Crippen LogP) is 16.7. The Morgan fingerprint density at radius 3 is 0.969 bits per heavy atom. The number of nitrogens with one attached hydrogen (secondary N) is 1. The van der Waals surface area contributed by atoms with Crippen molar-refractivity contribution in [3.63, 3.8) is 0 Å². The summed E-state index contributed by atoms with van der Waals surface area (Å²) in [6, 6.07) is 88.6. The fourth-order valence-electron chi connectivity index (χ4n) is 8.53. The average Bonchev–Trinajstić information content (AvgIpc) is 3.89. The van der Waals surface area contributed by atoms with Gasteiger partial charge in [0, 0.05) is 54.5 Å². The molecule has 0 aliphatic rings. The Morgan fingerprint density at radius 2 is 0.585 bits per heavy atom. The van der Waals surface area contributed by atoms with Gasteiger partial charge in [-0.3, -0.25) is 0 Å². The van der Waals surface area contributed by atoms with Crippen LogP contribution in [0.2, 0.25) is 0 Å². The highest BCUT2D eigenvalue weighted by molar-refractivity contribution is 9.10. The van der Waals surface area contributed by atoms with Crippen molar-refractivity contribution >= 4 is 76.6 Å². The summed E-state index contributed by atoms with van der Waals surface area (Å²) in [5.74, 6) is 0. The molecule has 0 fully saturated rings. The van der Waals surface area contributed by atoms with Crippen LogP contribution in [0.4, 0.5) is 17.1 Å². The van der Waals surface area contributed by atoms with Gasteiger partial charge in [0.1, 0.15) is 0 Å². The van der Waals surface area contributed by atoms with Crippen molar-refractivity contribution in [1.82, 2.24) is 9.13 Å². The maximum Gasteiger partial charge on any atom is 0.0541 e. The van der Waals surface area contributed by atoms with Crippen molar-refractivity contribution in [2.75, 3.05) is 11.1 Å². The molecule has 0 bridgehead atoms. The van der Waals surface area contributed by atoms with Crippen molar-refractivity contribution in [2.24, 2.45) is 0 Å². The van der Waals surface area contributed by atoms with Crippen LogP contribution in [0.15, 0.2) is 259 Å². The first-order valence-corrected chi connectivity index (χ1v) is 22.5. The van der Waals surface area contributed by atoms with E-state index in [9.17, 15) is 0 Å². The van der Waals surface area contributed by atoms with Crippen molar-refractivity contribution in [2.45, 2.75) is 0 Å². The molecule has 12 rings (SSSR count). The Kier molecular flexibility index (Phi) is 11.8. The van der Waals surface area contributed by atoms with E-state index in [0.717, 1.165) is 27.2 Å². The first-order valence-electron chi connectivity index (χ1n) is 21.7. The molecule has 0 atom stereocenters. The zero-order valence-electron chi connectivity index (χ0n) is 35.6. The van der Waals surface area contributed by atoms with Crippen LogP contribution in [0, 0.1) is 0 Å². The Balaban J connectivity index is 0.000000128. The summed E-state index contributed by atoms with van der Waals surface area (Å²) in [5, 5.41) is 8.68. The van der Waals surface area contributed by atoms with E-state index in [4.69, 9.17) is 5.73 Å². The molecule has 12 aromatic rings. The molecule has 0 aliphatic carbocycles. The molecule has 312 valence electrons. The second-order valence-electron chi connectivity index (χ2n) is 15.8. The highest BCUT2D eigenvalue weighted by atomic mass is 79.9. The van der Waals surface area contributed by atoms with Crippen molar-refractivity contribution in [3.05, 3.63) is 259 Å². The van der Waals surface area contributed by atoms with E-state index in [1.807, 2.05) is 48.5 Å². The Morgan fingerprint density at radius 1 is 0.292 bits per heavy atom. The highest BCUT2D eigenvalue weighted by Gasteiger charge is 2.12. The van der Waals surface area contributed by atoms with Crippen LogP contribution in [-0.4, -0.2) is 9.13 Å². The van der Waals surface area contributed by atoms with Gasteiger partial charge < -0.3 is 20.2 Å². The van der Waals surface area contributed by atoms with Gasteiger partial charge in [-0.2, -0.15) is 0 Å². The van der Waals surface area contributed by atoms with Crippen LogP contribution >= 0.6 is 15.9 Å². The Labute approximate surface area is 387 Å². The third kappa shape index (κ3) is 8.79. The van der Waals surface area contributed by atoms with Crippen LogP contribution in [0.5, 0.6) is 0 Å². The number of hydrogen-bond acceptors (Lipinski definition) is 2. The standard InChI is InChI=1S/C30H22N2.C18H12BrN.C12H11N/c1-2-8-22(9-3-1)23-14-16-24(17-15-23)31-25-18-20-26(21-19-25)32-29-12-6-4-10-27(29)28-11-5-7-13-30(28)32;19-13-9-11-14(12-10-13)20-17-7-3-1-5-15(17)16-6-2-4-8-18(16)20;13-12-8-6-11(7-9-12)10-4-2-1-3-5-10/h1-21,31H;1-12H;1-9H,13H2. The lowest BCUT2D eigenvalue weighted by atomic mass is 10.1. The number of nitrogens with zero attached hydrogens (tertiary/aromatic N) is 2. The maximum absolute atomic E-state index is 5.60. The summed E-state index contributed by atoms with van der Waals surface area (Å²) in [6.07, 6.45) is 0. The van der Waals surface area contributed by atoms with E-state index in [-0.39, 0.29) is 0 Å². The van der Waals surface area contributed by atoms with Crippen LogP contribution < -0.4 is 11.1 Å². The molecular formula is C60H45BrN4. The number of fused-ring (bicyclic) bond motifs is 6. The molecule has 0 unspecified atom stereocenters. The summed E-state index contributed by atoms with van der Waals surface area (Å²) in [5.41, 5.74) is 20.7. The third-order valence-electron chi connectivity index (χ3n) is 11.7. The van der Waals surface area contributed by atoms with E-state index in [0.29, 0.717) is 0 Å². The van der Waals surface area contributed by atoms with E-state index < -0.39 is 0 Å². The van der Waals surface area contributed by atoms with Crippen molar-refractivity contribution < 1.29 is 0 Å². The van der Waals surface area contributed by atoms with E-state index in [1.54, 1.807) is 0 Å². The zero-order valence-corrected chi connectivity index (χ0v) is 37.2. The van der Waals surface area contributed by atoms with Gasteiger partial charge in [-0.05, 0) is 119 Å². The number of halogens is 1. The average molecular weight is 902 g/mol. The van der Waals surface area contributed by atoms with Crippen LogP contribution in [-0.2, 0) is 0 Å². The fourth-order valence-corrected chi connectivity index (χ4v) is 8.80. The normalized spacial score (nSPS) is 10.9. The largest absolute Gasteiger partial charge is 0.399 e. The summed E-state index contributed by atoms with van der Waals surface area (Å²) in [7, 11) is 0. The number of nitrogens with two attached hydrogens (primary N) is 1. The smallest absolute Gasteiger partial charge is 0.0541 e. The van der Waals surface area contributed by atoms with E-state index in [1.165, 1.54) is 71.6 Å². The number of hydrogen-bond donors (Lipinski definition) is 2. The van der Waals surface area contributed by atoms with Gasteiger partial charge in [0.25, 0.3) is 0 Å². The molecule has 65 heavy (non-hydrogen) atoms. The van der Waals surface area contributed by atoms with Gasteiger partial charge in [-0.1, -0.05) is 174 Å². The third-order valence-corrected chi connectivity index (χ3v) is 12.2. The summed E-state index contributed by atoms with van der Waals surface area (Å²) >= 11 is 3.50. The molecule has 4 nitrogen and oxygen atoms in total. The second kappa shape index (κ2) is 18.7. The lowest BCUT2D eigenvalue weighted by Crippen LogP contribution is -1.95. The fraction of sp³-hybridized carbons (Fsp3) is 0. The van der Waals surface area contributed by atoms with Crippen molar-refractivity contribution in [3.8, 4) is 33.6 Å². The van der Waals surface area contributed by atoms with Gasteiger partial charge in [0.05, 0.1) is 22.1 Å². The molecule has 5 heteroatoms. The van der Waals surface area contributed by atoms with Crippen molar-refractivity contribution in [1.29, 1.82) is 0 Å². The van der Waals surface area contributed by atoms with Gasteiger partial charge in [-0.25, -0.2) is 0 Å². The van der Waals surface area contributed by atoms with E-state index in [2.05, 4.69) is 237 Å². The number of aromatic nitrogens is 2. The minimum Gasteiger partial charge on any atom is -0.399 e. The van der Waals surface area contributed by atoms with Gasteiger partial charge >= 0.3 is 0 Å². The topological polar surface area (TPSA) is 47.9 Å². The molecule has 3 N–H and O–H groups in total. The molecule has 0 amide bonds. The lowest BCUT2D eigenvalue weighted by molar-refractivity contribution is 1.18. The maximum atomic E-state index is 5.60. The van der Waals surface area contributed by atoms with Gasteiger partial charge in [0.15, 0.2) is 0 Å². The number of anilines is 3. The molecule has 2 heterocycles. The van der Waals surface area contributed by atoms with Crippen LogP contribution in [0.3, 0.4) is 0 Å². The molecule has 0 saturated heterocycles. The number of para-hydroxylation sites is 4. The molecule has 2 aromatic heterocycles. The first-order chi connectivity index (χ1) is 32.1. The quantitative estimate of drug-likeness (QED) is 0.163. The van der Waals surface area contributed by atoms with Gasteiger partial charge in [0.2, 0.25) is 0 Å². The van der Waals surface area contributed by atoms with Gasteiger partial charge in [-0.15, -0.1) is 0 Å². The van der Waals surface area contributed by atoms with Crippen LogP contribution in [0.25, 0.3) is 77.2 Å². The highest BCUT2D eigenvalue weighted by Crippen LogP contribution is 2.34. The predicted molar refractivity (Wildman–Crippen MR) is 281 cm³/mol. The zero-order chi connectivity index (χ0) is 44.0. The monoisotopic (exact) mass is 900 g/mol. The summed E-state index contributed by atoms with van der Waals surface area (Å²) in [4.78, 5) is 0. The number of rotatable bonds is 6. The van der Waals surface area contributed by atoms with E-state index >= 15 is 0 Å². The molecule has 0 aliphatic heterocycles. The molecule has 0 saturated carbocycles. The summed E-state index contributed by atoms with van der Waals surface area (Å²) < 4.78 is 5.75. The molecule has 0 radical (unpaired) electrons. The minimum atomic E-state index is 0.805.